The summed E-state index contributed by atoms with van der Waals surface area (Å²) in [5, 5.41) is 4.06. The molecule has 4 rings (SSSR count). The minimum atomic E-state index is -0.0310. The Hall–Kier alpha value is -2.67. The monoisotopic (exact) mass is 381 g/mol. The average Bonchev–Trinajstić information content (AvgIpc) is 2.93. The van der Waals surface area contributed by atoms with Gasteiger partial charge in [0.2, 0.25) is 0 Å². The van der Waals surface area contributed by atoms with Crippen LogP contribution in [0, 0.1) is 13.8 Å². The van der Waals surface area contributed by atoms with Crippen LogP contribution in [0.4, 0.5) is 15.6 Å². The van der Waals surface area contributed by atoms with Crippen LogP contribution in [0.5, 0.6) is 0 Å². The Labute approximate surface area is 162 Å². The first-order valence-corrected chi connectivity index (χ1v) is 10.0. The smallest absolute Gasteiger partial charge is 0.321 e. The molecule has 1 aliphatic heterocycles. The number of hydrogen-bond acceptors (Lipinski definition) is 5. The minimum Gasteiger partial charge on any atom is -0.346 e. The van der Waals surface area contributed by atoms with Gasteiger partial charge in [-0.3, -0.25) is 0 Å². The molecule has 140 valence electrons. The van der Waals surface area contributed by atoms with E-state index in [2.05, 4.69) is 21.3 Å². The lowest BCUT2D eigenvalue weighted by atomic mass is 10.1. The Morgan fingerprint density at radius 1 is 1.15 bits per heavy atom. The maximum absolute atomic E-state index is 12.7. The lowest BCUT2D eigenvalue weighted by Gasteiger charge is -2.22. The summed E-state index contributed by atoms with van der Waals surface area (Å²) in [4.78, 5) is 26.9. The van der Waals surface area contributed by atoms with Gasteiger partial charge in [0, 0.05) is 38.1 Å². The molecule has 2 aromatic heterocycles. The number of carbonyl (C=O) groups excluding carboxylic acids is 1. The lowest BCUT2D eigenvalue weighted by molar-refractivity contribution is 0.215. The molecule has 0 saturated carbocycles. The molecular formula is C20H23N5OS. The fraction of sp³-hybridized carbons (Fsp3) is 0.350. The Kier molecular flexibility index (Phi) is 4.94. The SMILES string of the molecule is Cc1ccc(C)c(NC(=O)N2CCCN(c3nc4cccnc4s3)CC2)c1. The molecule has 1 N–H and O–H groups in total. The van der Waals surface area contributed by atoms with Gasteiger partial charge in [-0.1, -0.05) is 23.5 Å². The number of aromatic nitrogens is 2. The number of benzene rings is 1. The van der Waals surface area contributed by atoms with Gasteiger partial charge in [-0.05, 0) is 49.6 Å². The maximum atomic E-state index is 12.7. The fourth-order valence-electron chi connectivity index (χ4n) is 3.27. The van der Waals surface area contributed by atoms with Gasteiger partial charge < -0.3 is 15.1 Å². The molecule has 3 aromatic rings. The van der Waals surface area contributed by atoms with E-state index in [1.54, 1.807) is 17.5 Å². The van der Waals surface area contributed by atoms with Gasteiger partial charge in [0.05, 0.1) is 0 Å². The molecule has 1 aromatic carbocycles. The predicted molar refractivity (Wildman–Crippen MR) is 111 cm³/mol. The van der Waals surface area contributed by atoms with Crippen LogP contribution in [0.2, 0.25) is 0 Å². The zero-order chi connectivity index (χ0) is 18.8. The van der Waals surface area contributed by atoms with Crippen molar-refractivity contribution in [2.24, 2.45) is 0 Å². The number of anilines is 2. The lowest BCUT2D eigenvalue weighted by Crippen LogP contribution is -2.38. The second kappa shape index (κ2) is 7.52. The molecule has 0 radical (unpaired) electrons. The molecule has 6 nitrogen and oxygen atoms in total. The van der Waals surface area contributed by atoms with Gasteiger partial charge in [-0.25, -0.2) is 14.8 Å². The largest absolute Gasteiger partial charge is 0.346 e. The van der Waals surface area contributed by atoms with E-state index in [9.17, 15) is 4.79 Å². The maximum Gasteiger partial charge on any atom is 0.321 e. The minimum absolute atomic E-state index is 0.0310. The standard InChI is InChI=1S/C20H23N5OS/c1-14-6-7-15(2)17(13-14)22-19(26)24-9-4-10-25(12-11-24)20-23-16-5-3-8-21-18(16)27-20/h3,5-8,13H,4,9-12H2,1-2H3,(H,22,26). The number of nitrogens with zero attached hydrogens (tertiary/aromatic N) is 4. The van der Waals surface area contributed by atoms with Crippen molar-refractivity contribution in [1.29, 1.82) is 0 Å². The van der Waals surface area contributed by atoms with E-state index in [1.165, 1.54) is 0 Å². The van der Waals surface area contributed by atoms with Crippen LogP contribution in [0.3, 0.4) is 0 Å². The summed E-state index contributed by atoms with van der Waals surface area (Å²) in [5.74, 6) is 0. The normalized spacial score (nSPS) is 15.0. The van der Waals surface area contributed by atoms with E-state index in [0.717, 1.165) is 58.3 Å². The third kappa shape index (κ3) is 3.88. The summed E-state index contributed by atoms with van der Waals surface area (Å²) in [6.45, 7) is 7.15. The molecule has 1 fully saturated rings. The van der Waals surface area contributed by atoms with Crippen molar-refractivity contribution in [3.8, 4) is 0 Å². The molecule has 3 heterocycles. The van der Waals surface area contributed by atoms with Crippen LogP contribution in [-0.4, -0.2) is 47.1 Å². The van der Waals surface area contributed by atoms with E-state index < -0.39 is 0 Å². The molecule has 27 heavy (non-hydrogen) atoms. The molecule has 1 aliphatic rings. The average molecular weight is 382 g/mol. The highest BCUT2D eigenvalue weighted by atomic mass is 32.1. The van der Waals surface area contributed by atoms with Gasteiger partial charge in [0.1, 0.15) is 10.3 Å². The van der Waals surface area contributed by atoms with E-state index in [0.29, 0.717) is 6.54 Å². The van der Waals surface area contributed by atoms with Gasteiger partial charge in [-0.2, -0.15) is 0 Å². The van der Waals surface area contributed by atoms with Gasteiger partial charge in [0.15, 0.2) is 5.13 Å². The third-order valence-electron chi connectivity index (χ3n) is 4.84. The van der Waals surface area contributed by atoms with Crippen molar-refractivity contribution in [3.63, 3.8) is 0 Å². The summed E-state index contributed by atoms with van der Waals surface area (Å²) in [7, 11) is 0. The zero-order valence-corrected chi connectivity index (χ0v) is 16.4. The van der Waals surface area contributed by atoms with Crippen LogP contribution < -0.4 is 10.2 Å². The van der Waals surface area contributed by atoms with Crippen molar-refractivity contribution in [2.45, 2.75) is 20.3 Å². The van der Waals surface area contributed by atoms with Gasteiger partial charge in [0.25, 0.3) is 0 Å². The Bertz CT molecular complexity index is 937. The van der Waals surface area contributed by atoms with Crippen molar-refractivity contribution in [3.05, 3.63) is 47.7 Å². The summed E-state index contributed by atoms with van der Waals surface area (Å²) >= 11 is 1.61. The number of fused-ring (bicyclic) bond motifs is 1. The van der Waals surface area contributed by atoms with Crippen molar-refractivity contribution < 1.29 is 4.79 Å². The van der Waals surface area contributed by atoms with Crippen molar-refractivity contribution >= 4 is 38.5 Å². The molecule has 7 heteroatoms. The zero-order valence-electron chi connectivity index (χ0n) is 15.6. The Morgan fingerprint density at radius 3 is 2.89 bits per heavy atom. The highest BCUT2D eigenvalue weighted by Crippen LogP contribution is 2.27. The third-order valence-corrected chi connectivity index (χ3v) is 5.88. The molecule has 0 aliphatic carbocycles. The molecule has 2 amide bonds. The number of amides is 2. The van der Waals surface area contributed by atoms with E-state index >= 15 is 0 Å². The second-order valence-electron chi connectivity index (χ2n) is 6.90. The van der Waals surface area contributed by atoms with Gasteiger partial charge >= 0.3 is 6.03 Å². The summed E-state index contributed by atoms with van der Waals surface area (Å²) in [6.07, 6.45) is 2.72. The number of aryl methyl sites for hydroxylation is 2. The van der Waals surface area contributed by atoms with Gasteiger partial charge in [-0.15, -0.1) is 0 Å². The highest BCUT2D eigenvalue weighted by molar-refractivity contribution is 7.21. The predicted octanol–water partition coefficient (Wildman–Crippen LogP) is 4.05. The Balaban J connectivity index is 1.43. The number of rotatable bonds is 2. The molecule has 1 saturated heterocycles. The molecule has 0 spiro atoms. The number of nitrogens with one attached hydrogen (secondary N) is 1. The van der Waals surface area contributed by atoms with Crippen LogP contribution in [0.1, 0.15) is 17.5 Å². The van der Waals surface area contributed by atoms with Crippen molar-refractivity contribution in [2.75, 3.05) is 36.4 Å². The molecule has 0 atom stereocenters. The number of carbonyl (C=O) groups is 1. The van der Waals surface area contributed by atoms with Crippen LogP contribution in [0.25, 0.3) is 10.3 Å². The fourth-order valence-corrected chi connectivity index (χ4v) is 4.23. The number of thiazole rings is 1. The Morgan fingerprint density at radius 2 is 2.04 bits per heavy atom. The number of urea groups is 1. The first-order valence-electron chi connectivity index (χ1n) is 9.20. The number of hydrogen-bond donors (Lipinski definition) is 1. The first-order chi connectivity index (χ1) is 13.1. The van der Waals surface area contributed by atoms with Crippen LogP contribution in [-0.2, 0) is 0 Å². The summed E-state index contributed by atoms with van der Waals surface area (Å²) in [5.41, 5.74) is 4.04. The van der Waals surface area contributed by atoms with Crippen LogP contribution >= 0.6 is 11.3 Å². The second-order valence-corrected chi connectivity index (χ2v) is 7.86. The summed E-state index contributed by atoms with van der Waals surface area (Å²) in [6, 6.07) is 9.98. The molecular weight excluding hydrogens is 358 g/mol. The quantitative estimate of drug-likeness (QED) is 0.727. The van der Waals surface area contributed by atoms with Crippen molar-refractivity contribution in [1.82, 2.24) is 14.9 Å². The molecule has 0 unspecified atom stereocenters. The first kappa shape index (κ1) is 17.7. The van der Waals surface area contributed by atoms with E-state index in [-0.39, 0.29) is 6.03 Å². The van der Waals surface area contributed by atoms with E-state index in [1.807, 2.05) is 43.0 Å². The molecule has 0 bridgehead atoms. The van der Waals surface area contributed by atoms with E-state index in [4.69, 9.17) is 4.98 Å². The number of pyridine rings is 1. The van der Waals surface area contributed by atoms with Crippen LogP contribution in [0.15, 0.2) is 36.5 Å². The highest BCUT2D eigenvalue weighted by Gasteiger charge is 2.21. The topological polar surface area (TPSA) is 61.4 Å². The summed E-state index contributed by atoms with van der Waals surface area (Å²) < 4.78 is 0.